The van der Waals surface area contributed by atoms with Crippen LogP contribution in [0.1, 0.15) is 44.7 Å². The largest absolute Gasteiger partial charge is 0.490 e. The summed E-state index contributed by atoms with van der Waals surface area (Å²) in [4.78, 5) is 7.17. The summed E-state index contributed by atoms with van der Waals surface area (Å²) in [6.07, 6.45) is 3.64. The van der Waals surface area contributed by atoms with Crippen molar-refractivity contribution in [2.75, 3.05) is 26.7 Å². The van der Waals surface area contributed by atoms with Crippen molar-refractivity contribution in [1.29, 1.82) is 0 Å². The van der Waals surface area contributed by atoms with Crippen LogP contribution in [0, 0.1) is 5.41 Å². The Morgan fingerprint density at radius 3 is 2.59 bits per heavy atom. The fraction of sp³-hybridized carbons (Fsp3) is 0.632. The van der Waals surface area contributed by atoms with E-state index in [1.807, 2.05) is 0 Å². The van der Waals surface area contributed by atoms with Crippen LogP contribution in [0.3, 0.4) is 0 Å². The third-order valence-electron chi connectivity index (χ3n) is 4.67. The highest BCUT2D eigenvalue weighted by molar-refractivity contribution is 6.06. The Hall–Kier alpha value is -1.35. The third kappa shape index (κ3) is 3.35. The van der Waals surface area contributed by atoms with Gasteiger partial charge in [-0.3, -0.25) is 4.99 Å². The summed E-state index contributed by atoms with van der Waals surface area (Å²) in [6.45, 7) is 9.89. The SMILES string of the molecule is CN1CCC(Oc2ccc3c(c2)C(C(C)(C)C)=NCC3)CC1. The van der Waals surface area contributed by atoms with Crippen LogP contribution in [0.4, 0.5) is 0 Å². The van der Waals surface area contributed by atoms with Gasteiger partial charge in [-0.2, -0.15) is 0 Å². The number of aliphatic imine (C=N–C) groups is 1. The Morgan fingerprint density at radius 1 is 1.18 bits per heavy atom. The van der Waals surface area contributed by atoms with Crippen LogP contribution in [-0.2, 0) is 6.42 Å². The van der Waals surface area contributed by atoms with Crippen LogP contribution in [0.15, 0.2) is 23.2 Å². The molecule has 0 radical (unpaired) electrons. The normalized spacial score (nSPS) is 20.5. The maximum atomic E-state index is 6.25. The number of piperidine rings is 1. The van der Waals surface area contributed by atoms with Gasteiger partial charge in [0.2, 0.25) is 0 Å². The summed E-state index contributed by atoms with van der Waals surface area (Å²) in [6, 6.07) is 6.60. The lowest BCUT2D eigenvalue weighted by atomic mass is 9.81. The van der Waals surface area contributed by atoms with Crippen LogP contribution in [0.25, 0.3) is 0 Å². The van der Waals surface area contributed by atoms with Gasteiger partial charge in [0.15, 0.2) is 0 Å². The highest BCUT2D eigenvalue weighted by Crippen LogP contribution is 2.31. The molecule has 0 saturated carbocycles. The lowest BCUT2D eigenvalue weighted by Gasteiger charge is -2.30. The number of benzene rings is 1. The van der Waals surface area contributed by atoms with Gasteiger partial charge in [0.05, 0.1) is 0 Å². The van der Waals surface area contributed by atoms with Crippen LogP contribution in [0.2, 0.25) is 0 Å². The molecular formula is C19H28N2O. The first kappa shape index (κ1) is 15.5. The van der Waals surface area contributed by atoms with Gasteiger partial charge in [0.25, 0.3) is 0 Å². The first-order valence-corrected chi connectivity index (χ1v) is 8.47. The van der Waals surface area contributed by atoms with Gasteiger partial charge in [-0.1, -0.05) is 26.8 Å². The maximum absolute atomic E-state index is 6.25. The lowest BCUT2D eigenvalue weighted by Crippen LogP contribution is -2.35. The molecule has 1 saturated heterocycles. The molecular weight excluding hydrogens is 272 g/mol. The van der Waals surface area contributed by atoms with Crippen LogP contribution >= 0.6 is 0 Å². The lowest BCUT2D eigenvalue weighted by molar-refractivity contribution is 0.114. The minimum atomic E-state index is 0.0847. The minimum Gasteiger partial charge on any atom is -0.490 e. The average Bonchev–Trinajstić information content (AvgIpc) is 2.48. The van der Waals surface area contributed by atoms with Crippen molar-refractivity contribution < 1.29 is 4.74 Å². The highest BCUT2D eigenvalue weighted by Gasteiger charge is 2.26. The van der Waals surface area contributed by atoms with E-state index in [4.69, 9.17) is 9.73 Å². The Balaban J connectivity index is 1.80. The van der Waals surface area contributed by atoms with Crippen LogP contribution in [0.5, 0.6) is 5.75 Å². The number of fused-ring (bicyclic) bond motifs is 1. The zero-order chi connectivity index (χ0) is 15.7. The van der Waals surface area contributed by atoms with Crippen LogP contribution < -0.4 is 4.74 Å². The van der Waals surface area contributed by atoms with Crippen molar-refractivity contribution in [3.63, 3.8) is 0 Å². The quantitative estimate of drug-likeness (QED) is 0.834. The summed E-state index contributed by atoms with van der Waals surface area (Å²) >= 11 is 0. The molecule has 0 aliphatic carbocycles. The summed E-state index contributed by atoms with van der Waals surface area (Å²) in [5, 5.41) is 0. The molecule has 0 amide bonds. The predicted octanol–water partition coefficient (Wildman–Crippen LogP) is 3.55. The van der Waals surface area contributed by atoms with E-state index in [9.17, 15) is 0 Å². The summed E-state index contributed by atoms with van der Waals surface area (Å²) < 4.78 is 6.25. The Labute approximate surface area is 134 Å². The number of ether oxygens (including phenoxy) is 1. The molecule has 0 atom stereocenters. The smallest absolute Gasteiger partial charge is 0.120 e. The van der Waals surface area contributed by atoms with E-state index in [1.165, 1.54) is 16.8 Å². The minimum absolute atomic E-state index is 0.0847. The van der Waals surface area contributed by atoms with E-state index >= 15 is 0 Å². The molecule has 1 aromatic rings. The van der Waals surface area contributed by atoms with Crippen LogP contribution in [-0.4, -0.2) is 43.4 Å². The molecule has 2 aliphatic heterocycles. The molecule has 3 heteroatoms. The monoisotopic (exact) mass is 300 g/mol. The molecule has 0 spiro atoms. The number of hydrogen-bond acceptors (Lipinski definition) is 3. The third-order valence-corrected chi connectivity index (χ3v) is 4.67. The number of nitrogens with zero attached hydrogens (tertiary/aromatic N) is 2. The number of likely N-dealkylation sites (tertiary alicyclic amines) is 1. The first-order chi connectivity index (χ1) is 10.4. The molecule has 3 nitrogen and oxygen atoms in total. The zero-order valence-corrected chi connectivity index (χ0v) is 14.4. The van der Waals surface area contributed by atoms with E-state index in [-0.39, 0.29) is 5.41 Å². The Bertz CT molecular complexity index is 563. The van der Waals surface area contributed by atoms with E-state index in [2.05, 4.69) is 50.9 Å². The molecule has 0 aromatic heterocycles. The maximum Gasteiger partial charge on any atom is 0.120 e. The van der Waals surface area contributed by atoms with Gasteiger partial charge in [0, 0.05) is 36.3 Å². The van der Waals surface area contributed by atoms with E-state index in [1.54, 1.807) is 0 Å². The Kier molecular flexibility index (Phi) is 4.26. The van der Waals surface area contributed by atoms with Gasteiger partial charge in [-0.05, 0) is 44.0 Å². The predicted molar refractivity (Wildman–Crippen MR) is 92.2 cm³/mol. The van der Waals surface area contributed by atoms with E-state index in [0.29, 0.717) is 6.10 Å². The van der Waals surface area contributed by atoms with Gasteiger partial charge in [-0.25, -0.2) is 0 Å². The fourth-order valence-electron chi connectivity index (χ4n) is 3.38. The molecule has 3 rings (SSSR count). The second-order valence-electron chi connectivity index (χ2n) is 7.67. The molecule has 0 bridgehead atoms. The second-order valence-corrected chi connectivity index (χ2v) is 7.67. The van der Waals surface area contributed by atoms with Gasteiger partial charge >= 0.3 is 0 Å². The standard InChI is InChI=1S/C19H28N2O/c1-19(2,3)18-17-13-16(6-5-14(17)7-10-20-18)22-15-8-11-21(4)12-9-15/h5-6,13,15H,7-12H2,1-4H3. The summed E-state index contributed by atoms with van der Waals surface area (Å²) in [5.41, 5.74) is 4.02. The second kappa shape index (κ2) is 6.04. The fourth-order valence-corrected chi connectivity index (χ4v) is 3.38. The molecule has 2 heterocycles. The van der Waals surface area contributed by atoms with Crippen molar-refractivity contribution in [3.05, 3.63) is 29.3 Å². The molecule has 2 aliphatic rings. The molecule has 0 N–H and O–H groups in total. The molecule has 22 heavy (non-hydrogen) atoms. The summed E-state index contributed by atoms with van der Waals surface area (Å²) in [7, 11) is 2.18. The van der Waals surface area contributed by atoms with Gasteiger partial charge < -0.3 is 9.64 Å². The summed E-state index contributed by atoms with van der Waals surface area (Å²) in [5.74, 6) is 1.01. The topological polar surface area (TPSA) is 24.8 Å². The zero-order valence-electron chi connectivity index (χ0n) is 14.4. The molecule has 0 unspecified atom stereocenters. The highest BCUT2D eigenvalue weighted by atomic mass is 16.5. The number of rotatable bonds is 2. The van der Waals surface area contributed by atoms with E-state index in [0.717, 1.165) is 44.6 Å². The van der Waals surface area contributed by atoms with Crippen molar-refractivity contribution in [1.82, 2.24) is 4.90 Å². The van der Waals surface area contributed by atoms with Gasteiger partial charge in [0.1, 0.15) is 11.9 Å². The van der Waals surface area contributed by atoms with E-state index < -0.39 is 0 Å². The Morgan fingerprint density at radius 2 is 1.91 bits per heavy atom. The molecule has 120 valence electrons. The first-order valence-electron chi connectivity index (χ1n) is 8.47. The number of hydrogen-bond donors (Lipinski definition) is 0. The van der Waals surface area contributed by atoms with Crippen molar-refractivity contribution in [3.8, 4) is 5.75 Å². The molecule has 1 fully saturated rings. The van der Waals surface area contributed by atoms with Gasteiger partial charge in [-0.15, -0.1) is 0 Å². The van der Waals surface area contributed by atoms with Crippen molar-refractivity contribution in [2.45, 2.75) is 46.1 Å². The molecule has 1 aromatic carbocycles. The van der Waals surface area contributed by atoms with Crippen molar-refractivity contribution >= 4 is 5.71 Å². The van der Waals surface area contributed by atoms with Crippen molar-refractivity contribution in [2.24, 2.45) is 10.4 Å². The average molecular weight is 300 g/mol.